The van der Waals surface area contributed by atoms with Crippen LogP contribution in [0.1, 0.15) is 21.7 Å². The fraction of sp³-hybridized carbons (Fsp3) is 0.0769. The average molecular weight is 347 g/mol. The standard InChI is InChI=1S/C13H11ClN8O2/c1-7-10(17-21-22(7)12-11(15)19-24-20-12)13(23)18-16-6-8-4-2-3-5-9(8)14/h2-6H,1H3,(H2,15,19)(H,18,23)/b16-6-. The highest BCUT2D eigenvalue weighted by molar-refractivity contribution is 6.33. The number of rotatable bonds is 4. The highest BCUT2D eigenvalue weighted by Crippen LogP contribution is 2.15. The number of hydrogen-bond acceptors (Lipinski definition) is 8. The molecule has 10 nitrogen and oxygen atoms in total. The lowest BCUT2D eigenvalue weighted by Crippen LogP contribution is -2.19. The molecule has 0 radical (unpaired) electrons. The maximum Gasteiger partial charge on any atom is 0.293 e. The minimum atomic E-state index is -0.544. The topological polar surface area (TPSA) is 137 Å². The molecule has 122 valence electrons. The van der Waals surface area contributed by atoms with Gasteiger partial charge in [0.2, 0.25) is 11.6 Å². The minimum Gasteiger partial charge on any atom is -0.378 e. The molecule has 1 amide bonds. The highest BCUT2D eigenvalue weighted by atomic mass is 35.5. The van der Waals surface area contributed by atoms with E-state index < -0.39 is 5.91 Å². The van der Waals surface area contributed by atoms with Gasteiger partial charge in [-0.1, -0.05) is 35.0 Å². The molecule has 0 aliphatic carbocycles. The van der Waals surface area contributed by atoms with Crippen LogP contribution in [0.25, 0.3) is 5.82 Å². The molecule has 0 unspecified atom stereocenters. The lowest BCUT2D eigenvalue weighted by atomic mass is 10.2. The molecule has 0 aliphatic heterocycles. The lowest BCUT2D eigenvalue weighted by Gasteiger charge is -1.99. The first-order chi connectivity index (χ1) is 11.6. The summed E-state index contributed by atoms with van der Waals surface area (Å²) in [6.07, 6.45) is 1.43. The van der Waals surface area contributed by atoms with Gasteiger partial charge in [-0.25, -0.2) is 10.1 Å². The second-order valence-corrected chi connectivity index (χ2v) is 5.04. The van der Waals surface area contributed by atoms with Crippen LogP contribution >= 0.6 is 11.6 Å². The van der Waals surface area contributed by atoms with E-state index in [-0.39, 0.29) is 17.3 Å². The van der Waals surface area contributed by atoms with Crippen LogP contribution in [-0.2, 0) is 0 Å². The summed E-state index contributed by atoms with van der Waals surface area (Å²) in [7, 11) is 0. The van der Waals surface area contributed by atoms with Gasteiger partial charge < -0.3 is 5.73 Å². The van der Waals surface area contributed by atoms with Crippen molar-refractivity contribution in [3.63, 3.8) is 0 Å². The van der Waals surface area contributed by atoms with Crippen molar-refractivity contribution in [1.29, 1.82) is 0 Å². The summed E-state index contributed by atoms with van der Waals surface area (Å²) in [6.45, 7) is 1.63. The molecule has 0 atom stereocenters. The quantitative estimate of drug-likeness (QED) is 0.530. The van der Waals surface area contributed by atoms with Crippen LogP contribution in [0.15, 0.2) is 34.0 Å². The molecule has 24 heavy (non-hydrogen) atoms. The number of nitrogens with two attached hydrogens (primary N) is 1. The zero-order valence-corrected chi connectivity index (χ0v) is 13.1. The molecule has 2 heterocycles. The van der Waals surface area contributed by atoms with Crippen LogP contribution in [-0.4, -0.2) is 37.4 Å². The van der Waals surface area contributed by atoms with Gasteiger partial charge in [-0.15, -0.1) is 5.10 Å². The summed E-state index contributed by atoms with van der Waals surface area (Å²) < 4.78 is 5.75. The van der Waals surface area contributed by atoms with Crippen molar-refractivity contribution in [2.24, 2.45) is 5.10 Å². The Bertz CT molecular complexity index is 916. The SMILES string of the molecule is Cc1c(C(=O)N/N=C\c2ccccc2Cl)nnn1-c1nonc1N. The highest BCUT2D eigenvalue weighted by Gasteiger charge is 2.20. The van der Waals surface area contributed by atoms with Crippen molar-refractivity contribution >= 4 is 29.5 Å². The number of carbonyl (C=O) groups is 1. The third kappa shape index (κ3) is 2.94. The normalized spacial score (nSPS) is 11.1. The predicted molar refractivity (Wildman–Crippen MR) is 84.9 cm³/mol. The van der Waals surface area contributed by atoms with Gasteiger partial charge in [0.1, 0.15) is 0 Å². The molecular weight excluding hydrogens is 336 g/mol. The van der Waals surface area contributed by atoms with E-state index in [2.05, 4.69) is 35.8 Å². The first kappa shape index (κ1) is 15.6. The van der Waals surface area contributed by atoms with Gasteiger partial charge in [0.25, 0.3) is 5.91 Å². The molecule has 3 N–H and O–H groups in total. The van der Waals surface area contributed by atoms with E-state index in [1.54, 1.807) is 31.2 Å². The molecule has 0 saturated heterocycles. The maximum absolute atomic E-state index is 12.1. The van der Waals surface area contributed by atoms with E-state index in [0.717, 1.165) is 0 Å². The number of nitrogens with one attached hydrogen (secondary N) is 1. The van der Waals surface area contributed by atoms with E-state index in [1.165, 1.54) is 10.9 Å². The lowest BCUT2D eigenvalue weighted by molar-refractivity contribution is 0.0949. The summed E-state index contributed by atoms with van der Waals surface area (Å²) in [6, 6.07) is 7.09. The number of nitrogens with zero attached hydrogens (tertiary/aromatic N) is 6. The number of anilines is 1. The summed E-state index contributed by atoms with van der Waals surface area (Å²) >= 11 is 5.99. The van der Waals surface area contributed by atoms with Gasteiger partial charge in [-0.2, -0.15) is 9.78 Å². The van der Waals surface area contributed by atoms with E-state index in [4.69, 9.17) is 17.3 Å². The number of hydrogen-bond donors (Lipinski definition) is 2. The van der Waals surface area contributed by atoms with E-state index in [0.29, 0.717) is 16.3 Å². The number of benzene rings is 1. The Morgan fingerprint density at radius 2 is 2.21 bits per heavy atom. The van der Waals surface area contributed by atoms with Crippen molar-refractivity contribution in [3.05, 3.63) is 46.2 Å². The van der Waals surface area contributed by atoms with Gasteiger partial charge in [0.05, 0.1) is 11.9 Å². The van der Waals surface area contributed by atoms with Crippen LogP contribution in [0.4, 0.5) is 5.82 Å². The zero-order valence-electron chi connectivity index (χ0n) is 12.3. The summed E-state index contributed by atoms with van der Waals surface area (Å²) in [5.41, 5.74) is 9.08. The molecule has 2 aromatic heterocycles. The molecule has 3 aromatic rings. The largest absolute Gasteiger partial charge is 0.378 e. The molecule has 3 rings (SSSR count). The van der Waals surface area contributed by atoms with Crippen LogP contribution in [0.2, 0.25) is 5.02 Å². The van der Waals surface area contributed by atoms with Crippen LogP contribution in [0, 0.1) is 6.92 Å². The van der Waals surface area contributed by atoms with E-state index in [1.807, 2.05) is 0 Å². The Labute approximate surface area is 140 Å². The molecule has 0 saturated carbocycles. The Kier molecular flexibility index (Phi) is 4.20. The summed E-state index contributed by atoms with van der Waals surface area (Å²) in [5, 5.41) is 19.0. The molecule has 0 spiro atoms. The average Bonchev–Trinajstić information content (AvgIpc) is 3.14. The minimum absolute atomic E-state index is 0.0340. The fourth-order valence-electron chi connectivity index (χ4n) is 1.87. The molecule has 0 bridgehead atoms. The summed E-state index contributed by atoms with van der Waals surface area (Å²) in [4.78, 5) is 12.1. The van der Waals surface area contributed by atoms with Gasteiger partial charge in [-0.3, -0.25) is 4.79 Å². The molecule has 11 heteroatoms. The van der Waals surface area contributed by atoms with Gasteiger partial charge in [0.15, 0.2) is 5.69 Å². The fourth-order valence-corrected chi connectivity index (χ4v) is 2.06. The van der Waals surface area contributed by atoms with Gasteiger partial charge >= 0.3 is 0 Å². The maximum atomic E-state index is 12.1. The third-order valence-corrected chi connectivity index (χ3v) is 3.42. The Morgan fingerprint density at radius 1 is 1.42 bits per heavy atom. The number of nitrogen functional groups attached to an aromatic ring is 1. The Balaban J connectivity index is 1.76. The smallest absolute Gasteiger partial charge is 0.293 e. The zero-order chi connectivity index (χ0) is 17.1. The monoisotopic (exact) mass is 346 g/mol. The van der Waals surface area contributed by atoms with Gasteiger partial charge in [0, 0.05) is 10.6 Å². The molecule has 0 fully saturated rings. The van der Waals surface area contributed by atoms with Crippen LogP contribution in [0.5, 0.6) is 0 Å². The number of carbonyl (C=O) groups excluding carboxylic acids is 1. The number of aromatic nitrogens is 5. The van der Waals surface area contributed by atoms with Crippen molar-refractivity contribution in [1.82, 2.24) is 30.7 Å². The molecule has 0 aliphatic rings. The molecular formula is C13H11ClN8O2. The first-order valence-electron chi connectivity index (χ1n) is 6.66. The third-order valence-electron chi connectivity index (χ3n) is 3.08. The number of halogens is 1. The number of hydrazone groups is 1. The second-order valence-electron chi connectivity index (χ2n) is 4.63. The van der Waals surface area contributed by atoms with Crippen molar-refractivity contribution in [3.8, 4) is 5.82 Å². The Morgan fingerprint density at radius 3 is 2.92 bits per heavy atom. The van der Waals surface area contributed by atoms with Crippen molar-refractivity contribution in [2.75, 3.05) is 5.73 Å². The summed E-state index contributed by atoms with van der Waals surface area (Å²) in [5.74, 6) is -0.359. The Hall–Kier alpha value is -3.27. The van der Waals surface area contributed by atoms with E-state index >= 15 is 0 Å². The second kappa shape index (κ2) is 6.46. The van der Waals surface area contributed by atoms with Gasteiger partial charge in [-0.05, 0) is 23.3 Å². The van der Waals surface area contributed by atoms with Crippen molar-refractivity contribution in [2.45, 2.75) is 6.92 Å². The first-order valence-corrected chi connectivity index (χ1v) is 7.04. The molecule has 1 aromatic carbocycles. The van der Waals surface area contributed by atoms with E-state index in [9.17, 15) is 4.79 Å². The van der Waals surface area contributed by atoms with Crippen molar-refractivity contribution < 1.29 is 9.42 Å². The predicted octanol–water partition coefficient (Wildman–Crippen LogP) is 0.958. The van der Waals surface area contributed by atoms with Crippen LogP contribution in [0.3, 0.4) is 0 Å². The van der Waals surface area contributed by atoms with Crippen LogP contribution < -0.4 is 11.2 Å². The number of amides is 1.